The average molecular weight is 320 g/mol. The van der Waals surface area contributed by atoms with Crippen molar-refractivity contribution in [2.45, 2.75) is 37.9 Å². The predicted octanol–water partition coefficient (Wildman–Crippen LogP) is 1.65. The van der Waals surface area contributed by atoms with Crippen LogP contribution >= 0.6 is 0 Å². The number of nitrogens with zero attached hydrogens (tertiary/aromatic N) is 2. The van der Waals surface area contributed by atoms with Crippen molar-refractivity contribution in [2.24, 2.45) is 0 Å². The molecular formula is C17H24N2O4. The van der Waals surface area contributed by atoms with E-state index in [-0.39, 0.29) is 24.2 Å². The van der Waals surface area contributed by atoms with Crippen LogP contribution in [0.25, 0.3) is 0 Å². The smallest absolute Gasteiger partial charge is 0.248 e. The molecular weight excluding hydrogens is 296 g/mol. The Bertz CT molecular complexity index is 515. The van der Waals surface area contributed by atoms with Crippen LogP contribution in [0.5, 0.6) is 5.88 Å². The third-order valence-corrected chi connectivity index (χ3v) is 4.56. The van der Waals surface area contributed by atoms with Gasteiger partial charge in [-0.15, -0.1) is 0 Å². The van der Waals surface area contributed by atoms with Crippen LogP contribution < -0.4 is 4.74 Å². The summed E-state index contributed by atoms with van der Waals surface area (Å²) < 4.78 is 17.1. The molecule has 2 fully saturated rings. The Morgan fingerprint density at radius 3 is 2.96 bits per heavy atom. The number of ether oxygens (including phenoxy) is 3. The number of hydrogen-bond acceptors (Lipinski definition) is 5. The molecule has 1 amide bonds. The van der Waals surface area contributed by atoms with E-state index in [4.69, 9.17) is 14.2 Å². The van der Waals surface area contributed by atoms with Crippen LogP contribution in [-0.2, 0) is 14.3 Å². The zero-order valence-corrected chi connectivity index (χ0v) is 13.6. The molecule has 23 heavy (non-hydrogen) atoms. The van der Waals surface area contributed by atoms with E-state index in [2.05, 4.69) is 4.98 Å². The molecule has 0 N–H and O–H groups in total. The molecule has 2 aliphatic heterocycles. The molecule has 1 atom stereocenters. The van der Waals surface area contributed by atoms with Crippen LogP contribution in [0, 0.1) is 0 Å². The minimum absolute atomic E-state index is 0.0376. The van der Waals surface area contributed by atoms with Gasteiger partial charge in [0.2, 0.25) is 11.8 Å². The highest BCUT2D eigenvalue weighted by Gasteiger charge is 2.44. The average Bonchev–Trinajstić information content (AvgIpc) is 2.96. The highest BCUT2D eigenvalue weighted by atomic mass is 16.6. The summed E-state index contributed by atoms with van der Waals surface area (Å²) in [6.45, 7) is 4.68. The van der Waals surface area contributed by atoms with Crippen molar-refractivity contribution in [1.82, 2.24) is 9.88 Å². The number of hydrogen-bond donors (Lipinski definition) is 0. The Morgan fingerprint density at radius 1 is 1.43 bits per heavy atom. The van der Waals surface area contributed by atoms with E-state index in [1.165, 1.54) is 0 Å². The Morgan fingerprint density at radius 2 is 2.26 bits per heavy atom. The van der Waals surface area contributed by atoms with Gasteiger partial charge in [-0.3, -0.25) is 4.79 Å². The Labute approximate surface area is 136 Å². The second-order valence-corrected chi connectivity index (χ2v) is 6.12. The second kappa shape index (κ2) is 7.27. The van der Waals surface area contributed by atoms with Crippen molar-refractivity contribution >= 4 is 5.91 Å². The fourth-order valence-corrected chi connectivity index (χ4v) is 3.26. The molecule has 3 heterocycles. The van der Waals surface area contributed by atoms with Gasteiger partial charge in [0, 0.05) is 38.4 Å². The number of rotatable bonds is 5. The SMILES string of the molecule is CCOCC(=O)N1CCC2(CC1)C[C@H](Oc1ccccn1)CO2. The van der Waals surface area contributed by atoms with E-state index in [0.717, 1.165) is 32.4 Å². The molecule has 0 aromatic carbocycles. The standard InChI is InChI=1S/C17H24N2O4/c1-2-21-13-16(20)19-9-6-17(7-10-19)11-14(12-22-17)23-15-5-3-4-8-18-15/h3-5,8,14H,2,6-7,9-13H2,1H3/t14-/m0/s1. The van der Waals surface area contributed by atoms with Crippen LogP contribution in [0.15, 0.2) is 24.4 Å². The van der Waals surface area contributed by atoms with E-state index in [1.807, 2.05) is 30.0 Å². The van der Waals surface area contributed by atoms with Crippen molar-refractivity contribution in [3.63, 3.8) is 0 Å². The summed E-state index contributed by atoms with van der Waals surface area (Å²) in [7, 11) is 0. The van der Waals surface area contributed by atoms with Crippen molar-refractivity contribution in [1.29, 1.82) is 0 Å². The van der Waals surface area contributed by atoms with Gasteiger partial charge in [0.1, 0.15) is 12.7 Å². The zero-order chi connectivity index (χ0) is 16.1. The summed E-state index contributed by atoms with van der Waals surface area (Å²) in [5, 5.41) is 0. The minimum atomic E-state index is -0.151. The predicted molar refractivity (Wildman–Crippen MR) is 84.3 cm³/mol. The molecule has 1 spiro atoms. The van der Waals surface area contributed by atoms with Gasteiger partial charge in [-0.05, 0) is 25.8 Å². The maximum atomic E-state index is 12.0. The second-order valence-electron chi connectivity index (χ2n) is 6.12. The molecule has 6 heteroatoms. The summed E-state index contributed by atoms with van der Waals surface area (Å²) in [6, 6.07) is 5.64. The van der Waals surface area contributed by atoms with Crippen molar-refractivity contribution in [3.05, 3.63) is 24.4 Å². The number of aromatic nitrogens is 1. The number of pyridine rings is 1. The van der Waals surface area contributed by atoms with Crippen LogP contribution in [0.2, 0.25) is 0 Å². The first-order valence-electron chi connectivity index (χ1n) is 8.28. The summed E-state index contributed by atoms with van der Waals surface area (Å²) in [5.41, 5.74) is -0.151. The largest absolute Gasteiger partial charge is 0.472 e. The molecule has 0 unspecified atom stereocenters. The summed E-state index contributed by atoms with van der Waals surface area (Å²) in [4.78, 5) is 18.1. The molecule has 2 saturated heterocycles. The molecule has 2 aliphatic rings. The van der Waals surface area contributed by atoms with Crippen LogP contribution in [0.4, 0.5) is 0 Å². The van der Waals surface area contributed by atoms with Gasteiger partial charge in [0.05, 0.1) is 12.2 Å². The number of piperidine rings is 1. The monoisotopic (exact) mass is 320 g/mol. The Kier molecular flexibility index (Phi) is 5.13. The topological polar surface area (TPSA) is 60.9 Å². The van der Waals surface area contributed by atoms with E-state index < -0.39 is 0 Å². The maximum Gasteiger partial charge on any atom is 0.248 e. The minimum Gasteiger partial charge on any atom is -0.472 e. The number of amides is 1. The molecule has 0 aliphatic carbocycles. The van der Waals surface area contributed by atoms with E-state index in [0.29, 0.717) is 19.1 Å². The number of likely N-dealkylation sites (tertiary alicyclic amines) is 1. The van der Waals surface area contributed by atoms with Gasteiger partial charge in [0.25, 0.3) is 0 Å². The number of carbonyl (C=O) groups excluding carboxylic acids is 1. The molecule has 1 aromatic rings. The van der Waals surface area contributed by atoms with Gasteiger partial charge < -0.3 is 19.1 Å². The molecule has 126 valence electrons. The number of carbonyl (C=O) groups is 1. The molecule has 1 aromatic heterocycles. The lowest BCUT2D eigenvalue weighted by atomic mass is 9.88. The zero-order valence-electron chi connectivity index (χ0n) is 13.6. The maximum absolute atomic E-state index is 12.0. The molecule has 3 rings (SSSR count). The Balaban J connectivity index is 1.48. The van der Waals surface area contributed by atoms with Gasteiger partial charge in [-0.2, -0.15) is 0 Å². The third kappa shape index (κ3) is 4.00. The molecule has 6 nitrogen and oxygen atoms in total. The van der Waals surface area contributed by atoms with Crippen molar-refractivity contribution in [2.75, 3.05) is 32.9 Å². The van der Waals surface area contributed by atoms with Crippen LogP contribution in [0.1, 0.15) is 26.2 Å². The molecule has 0 bridgehead atoms. The van der Waals surface area contributed by atoms with Crippen molar-refractivity contribution in [3.8, 4) is 5.88 Å². The van der Waals surface area contributed by atoms with E-state index in [9.17, 15) is 4.79 Å². The summed E-state index contributed by atoms with van der Waals surface area (Å²) in [6.07, 6.45) is 4.33. The quantitative estimate of drug-likeness (QED) is 0.825. The lowest BCUT2D eigenvalue weighted by Gasteiger charge is -2.38. The van der Waals surface area contributed by atoms with Crippen LogP contribution in [-0.4, -0.2) is 60.4 Å². The van der Waals surface area contributed by atoms with Gasteiger partial charge in [-0.25, -0.2) is 4.98 Å². The first-order chi connectivity index (χ1) is 11.2. The normalized spacial score (nSPS) is 23.2. The van der Waals surface area contributed by atoms with E-state index in [1.54, 1.807) is 6.20 Å². The van der Waals surface area contributed by atoms with Crippen LogP contribution in [0.3, 0.4) is 0 Å². The summed E-state index contributed by atoms with van der Waals surface area (Å²) in [5.74, 6) is 0.712. The van der Waals surface area contributed by atoms with Crippen molar-refractivity contribution < 1.29 is 19.0 Å². The van der Waals surface area contributed by atoms with Gasteiger partial charge in [0.15, 0.2) is 0 Å². The van der Waals surface area contributed by atoms with E-state index >= 15 is 0 Å². The first kappa shape index (κ1) is 16.2. The summed E-state index contributed by atoms with van der Waals surface area (Å²) >= 11 is 0. The van der Waals surface area contributed by atoms with Gasteiger partial charge >= 0.3 is 0 Å². The highest BCUT2D eigenvalue weighted by molar-refractivity contribution is 5.77. The first-order valence-corrected chi connectivity index (χ1v) is 8.28. The Hall–Kier alpha value is -1.66. The highest BCUT2D eigenvalue weighted by Crippen LogP contribution is 2.37. The fourth-order valence-electron chi connectivity index (χ4n) is 3.26. The lowest BCUT2D eigenvalue weighted by Crippen LogP contribution is -2.47. The third-order valence-electron chi connectivity index (χ3n) is 4.56. The molecule has 0 radical (unpaired) electrons. The van der Waals surface area contributed by atoms with Gasteiger partial charge in [-0.1, -0.05) is 6.07 Å². The fraction of sp³-hybridized carbons (Fsp3) is 0.647. The lowest BCUT2D eigenvalue weighted by molar-refractivity contribution is -0.140. The molecule has 0 saturated carbocycles.